The molecule has 0 saturated heterocycles. The van der Waals surface area contributed by atoms with Crippen molar-refractivity contribution in [3.05, 3.63) is 12.4 Å². The normalized spacial score (nSPS) is 7.91. The molecule has 0 unspecified atom stereocenters. The third kappa shape index (κ3) is 3.40. The van der Waals surface area contributed by atoms with Crippen LogP contribution in [0.2, 0.25) is 0 Å². The molecular weight excluding hydrogens is 140 g/mol. The molecule has 0 fully saturated rings. The lowest BCUT2D eigenvalue weighted by Gasteiger charge is -1.96. The van der Waals surface area contributed by atoms with E-state index in [0.29, 0.717) is 5.82 Å². The van der Waals surface area contributed by atoms with Crippen LogP contribution in [0.1, 0.15) is 13.8 Å². The standard InChI is InChI=1S/C5H8N4.C2H6/c1-7-5-2-4(6)8-3-9-5;1-2/h2-3H,1H3,(H3,6,7,8,9);1-2H3. The maximum absolute atomic E-state index is 5.34. The molecule has 0 aliphatic heterocycles. The fraction of sp³-hybridized carbons (Fsp3) is 0.429. The van der Waals surface area contributed by atoms with Crippen LogP contribution < -0.4 is 11.1 Å². The van der Waals surface area contributed by atoms with Crippen molar-refractivity contribution in [2.45, 2.75) is 13.8 Å². The summed E-state index contributed by atoms with van der Waals surface area (Å²) in [6.45, 7) is 4.00. The van der Waals surface area contributed by atoms with Gasteiger partial charge >= 0.3 is 0 Å². The van der Waals surface area contributed by atoms with Crippen LogP contribution in [0.3, 0.4) is 0 Å². The lowest BCUT2D eigenvalue weighted by molar-refractivity contribution is 1.17. The quantitative estimate of drug-likeness (QED) is 0.636. The first-order valence-electron chi connectivity index (χ1n) is 3.58. The highest BCUT2D eigenvalue weighted by molar-refractivity contribution is 5.42. The zero-order chi connectivity index (χ0) is 8.69. The molecule has 0 radical (unpaired) electrons. The molecular formula is C7H14N4. The van der Waals surface area contributed by atoms with Gasteiger partial charge in [0.15, 0.2) is 0 Å². The van der Waals surface area contributed by atoms with Crippen LogP contribution >= 0.6 is 0 Å². The third-order valence-electron chi connectivity index (χ3n) is 0.944. The Balaban J connectivity index is 0.000000461. The smallest absolute Gasteiger partial charge is 0.131 e. The minimum Gasteiger partial charge on any atom is -0.384 e. The summed E-state index contributed by atoms with van der Waals surface area (Å²) in [5.41, 5.74) is 5.34. The highest BCUT2D eigenvalue weighted by Crippen LogP contribution is 2.01. The summed E-state index contributed by atoms with van der Waals surface area (Å²) in [7, 11) is 1.78. The number of aromatic nitrogens is 2. The van der Waals surface area contributed by atoms with Crippen LogP contribution in [0.25, 0.3) is 0 Å². The average molecular weight is 154 g/mol. The van der Waals surface area contributed by atoms with E-state index in [2.05, 4.69) is 15.3 Å². The molecule has 0 amide bonds. The van der Waals surface area contributed by atoms with Crippen molar-refractivity contribution < 1.29 is 0 Å². The molecule has 1 aromatic heterocycles. The Hall–Kier alpha value is -1.32. The van der Waals surface area contributed by atoms with Gasteiger partial charge in [-0.15, -0.1) is 0 Å². The van der Waals surface area contributed by atoms with E-state index in [9.17, 15) is 0 Å². The number of nitrogens with two attached hydrogens (primary N) is 1. The zero-order valence-electron chi connectivity index (χ0n) is 7.13. The average Bonchev–Trinajstić information content (AvgIpc) is 2.08. The largest absolute Gasteiger partial charge is 0.384 e. The van der Waals surface area contributed by atoms with E-state index in [1.807, 2.05) is 13.8 Å². The molecule has 0 aliphatic carbocycles. The van der Waals surface area contributed by atoms with Gasteiger partial charge < -0.3 is 11.1 Å². The fourth-order valence-corrected chi connectivity index (χ4v) is 0.509. The van der Waals surface area contributed by atoms with Crippen LogP contribution in [-0.4, -0.2) is 17.0 Å². The van der Waals surface area contributed by atoms with Gasteiger partial charge in [0.1, 0.15) is 18.0 Å². The Bertz CT molecular complexity index is 199. The van der Waals surface area contributed by atoms with Crippen molar-refractivity contribution in [2.24, 2.45) is 0 Å². The molecule has 1 rings (SSSR count). The summed E-state index contributed by atoms with van der Waals surface area (Å²) in [5.74, 6) is 1.22. The number of nitrogens with zero attached hydrogens (tertiary/aromatic N) is 2. The highest BCUT2D eigenvalue weighted by atomic mass is 15.0. The van der Waals surface area contributed by atoms with Crippen molar-refractivity contribution in [2.75, 3.05) is 18.1 Å². The molecule has 0 saturated carbocycles. The number of hydrogen-bond acceptors (Lipinski definition) is 4. The Morgan fingerprint density at radius 2 is 2.00 bits per heavy atom. The Morgan fingerprint density at radius 1 is 1.36 bits per heavy atom. The van der Waals surface area contributed by atoms with Crippen molar-refractivity contribution in [1.29, 1.82) is 0 Å². The van der Waals surface area contributed by atoms with Gasteiger partial charge in [-0.1, -0.05) is 13.8 Å². The molecule has 0 atom stereocenters. The van der Waals surface area contributed by atoms with Crippen molar-refractivity contribution >= 4 is 11.6 Å². The molecule has 0 bridgehead atoms. The highest BCUT2D eigenvalue weighted by Gasteiger charge is 1.88. The van der Waals surface area contributed by atoms with E-state index < -0.39 is 0 Å². The summed E-state index contributed by atoms with van der Waals surface area (Å²) >= 11 is 0. The third-order valence-corrected chi connectivity index (χ3v) is 0.944. The molecule has 1 heterocycles. The van der Waals surface area contributed by atoms with Gasteiger partial charge in [0.2, 0.25) is 0 Å². The van der Waals surface area contributed by atoms with Gasteiger partial charge in [0, 0.05) is 13.1 Å². The summed E-state index contributed by atoms with van der Waals surface area (Å²) < 4.78 is 0. The minimum absolute atomic E-state index is 0.481. The zero-order valence-corrected chi connectivity index (χ0v) is 7.13. The van der Waals surface area contributed by atoms with Crippen LogP contribution in [0.5, 0.6) is 0 Å². The van der Waals surface area contributed by atoms with E-state index in [4.69, 9.17) is 5.73 Å². The number of nitrogens with one attached hydrogen (secondary N) is 1. The number of rotatable bonds is 1. The van der Waals surface area contributed by atoms with Gasteiger partial charge in [0.05, 0.1) is 0 Å². The van der Waals surface area contributed by atoms with E-state index in [-0.39, 0.29) is 0 Å². The molecule has 4 heteroatoms. The molecule has 0 aliphatic rings. The fourth-order valence-electron chi connectivity index (χ4n) is 0.509. The molecule has 3 N–H and O–H groups in total. The molecule has 11 heavy (non-hydrogen) atoms. The lowest BCUT2D eigenvalue weighted by Crippen LogP contribution is -1.95. The van der Waals surface area contributed by atoms with Crippen molar-refractivity contribution in [1.82, 2.24) is 9.97 Å². The molecule has 0 spiro atoms. The second-order valence-corrected chi connectivity index (χ2v) is 1.58. The van der Waals surface area contributed by atoms with Crippen molar-refractivity contribution in [3.8, 4) is 0 Å². The van der Waals surface area contributed by atoms with Crippen LogP contribution in [0.15, 0.2) is 12.4 Å². The van der Waals surface area contributed by atoms with Gasteiger partial charge in [-0.3, -0.25) is 0 Å². The number of anilines is 2. The van der Waals surface area contributed by atoms with E-state index in [0.717, 1.165) is 5.82 Å². The predicted octanol–water partition coefficient (Wildman–Crippen LogP) is 1.13. The topological polar surface area (TPSA) is 63.8 Å². The van der Waals surface area contributed by atoms with Gasteiger partial charge in [-0.05, 0) is 0 Å². The lowest BCUT2D eigenvalue weighted by atomic mass is 10.5. The molecule has 4 nitrogen and oxygen atoms in total. The second-order valence-electron chi connectivity index (χ2n) is 1.58. The minimum atomic E-state index is 0.481. The molecule has 62 valence electrons. The summed E-state index contributed by atoms with van der Waals surface area (Å²) in [5, 5.41) is 2.84. The number of hydrogen-bond donors (Lipinski definition) is 2. The first-order chi connectivity index (χ1) is 5.33. The van der Waals surface area contributed by atoms with E-state index >= 15 is 0 Å². The van der Waals surface area contributed by atoms with Crippen molar-refractivity contribution in [3.63, 3.8) is 0 Å². The van der Waals surface area contributed by atoms with E-state index in [1.54, 1.807) is 13.1 Å². The Morgan fingerprint density at radius 3 is 2.36 bits per heavy atom. The maximum Gasteiger partial charge on any atom is 0.131 e. The van der Waals surface area contributed by atoms with Gasteiger partial charge in [0.25, 0.3) is 0 Å². The SMILES string of the molecule is CC.CNc1cc(N)ncn1. The van der Waals surface area contributed by atoms with Crippen LogP contribution in [0.4, 0.5) is 11.6 Å². The predicted molar refractivity (Wildman–Crippen MR) is 47.3 cm³/mol. The Kier molecular flexibility index (Phi) is 4.81. The molecule has 1 aromatic rings. The van der Waals surface area contributed by atoms with Crippen LogP contribution in [0, 0.1) is 0 Å². The number of nitrogen functional groups attached to an aromatic ring is 1. The monoisotopic (exact) mass is 154 g/mol. The molecule has 0 aromatic carbocycles. The second kappa shape index (κ2) is 5.46. The van der Waals surface area contributed by atoms with E-state index in [1.165, 1.54) is 6.33 Å². The van der Waals surface area contributed by atoms with Gasteiger partial charge in [-0.25, -0.2) is 9.97 Å². The summed E-state index contributed by atoms with van der Waals surface area (Å²) in [6.07, 6.45) is 1.42. The maximum atomic E-state index is 5.34. The van der Waals surface area contributed by atoms with Gasteiger partial charge in [-0.2, -0.15) is 0 Å². The Labute approximate surface area is 66.9 Å². The first kappa shape index (κ1) is 9.68. The summed E-state index contributed by atoms with van der Waals surface area (Å²) in [6, 6.07) is 1.67. The van der Waals surface area contributed by atoms with Crippen LogP contribution in [-0.2, 0) is 0 Å². The first-order valence-corrected chi connectivity index (χ1v) is 3.58. The summed E-state index contributed by atoms with van der Waals surface area (Å²) in [4.78, 5) is 7.57.